The Morgan fingerprint density at radius 3 is 2.38 bits per heavy atom. The minimum Gasteiger partial charge on any atom is -0.338 e. The molecule has 0 unspecified atom stereocenters. The first-order valence-corrected chi connectivity index (χ1v) is 7.50. The van der Waals surface area contributed by atoms with Crippen molar-refractivity contribution in [3.05, 3.63) is 76.3 Å². The summed E-state index contributed by atoms with van der Waals surface area (Å²) in [5.74, 6) is -1.07. The van der Waals surface area contributed by atoms with Gasteiger partial charge in [-0.3, -0.25) is 9.59 Å². The number of anilines is 1. The van der Waals surface area contributed by atoms with Gasteiger partial charge in [0.05, 0.1) is 11.1 Å². The monoisotopic (exact) mass is 364 g/mol. The molecule has 1 aromatic heterocycles. The van der Waals surface area contributed by atoms with Crippen molar-refractivity contribution < 1.29 is 22.4 Å². The highest BCUT2D eigenvalue weighted by Gasteiger charge is 2.29. The molecule has 0 bridgehead atoms. The quantitative estimate of drug-likeness (QED) is 0.719. The Labute approximate surface area is 144 Å². The van der Waals surface area contributed by atoms with Crippen molar-refractivity contribution in [3.63, 3.8) is 0 Å². The van der Waals surface area contributed by atoms with E-state index in [1.54, 1.807) is 0 Å². The molecule has 0 radical (unpaired) electrons. The summed E-state index contributed by atoms with van der Waals surface area (Å²) in [6.07, 6.45) is -3.05. The third-order valence-corrected chi connectivity index (χ3v) is 3.75. The zero-order valence-corrected chi connectivity index (χ0v) is 13.2. The Balaban J connectivity index is 1.79. The van der Waals surface area contributed by atoms with Crippen LogP contribution in [0, 0.1) is 5.82 Å². The largest absolute Gasteiger partial charge is 0.416 e. The van der Waals surface area contributed by atoms with Gasteiger partial charge in [-0.25, -0.2) is 4.39 Å². The second-order valence-electron chi connectivity index (χ2n) is 5.59. The molecular weight excluding hydrogens is 352 g/mol. The van der Waals surface area contributed by atoms with Crippen LogP contribution in [-0.4, -0.2) is 10.5 Å². The number of carbonyl (C=O) groups excluding carboxylic acids is 1. The predicted molar refractivity (Wildman–Crippen MR) is 88.2 cm³/mol. The number of nitrogens with zero attached hydrogens (tertiary/aromatic N) is 1. The predicted octanol–water partition coefficient (Wildman–Crippen LogP) is 3.80. The number of hydrogen-bond donors (Lipinski definition) is 1. The molecule has 26 heavy (non-hydrogen) atoms. The number of aromatic nitrogens is 1. The molecule has 134 valence electrons. The number of fused-ring (bicyclic) bond motifs is 1. The van der Waals surface area contributed by atoms with Crippen molar-refractivity contribution in [1.29, 1.82) is 0 Å². The smallest absolute Gasteiger partial charge is 0.338 e. The van der Waals surface area contributed by atoms with Crippen LogP contribution < -0.4 is 10.7 Å². The van der Waals surface area contributed by atoms with E-state index in [0.717, 1.165) is 30.3 Å². The molecule has 0 aliphatic carbocycles. The number of carbonyl (C=O) groups is 1. The molecule has 0 atom stereocenters. The van der Waals surface area contributed by atoms with E-state index in [0.29, 0.717) is 5.52 Å². The maximum absolute atomic E-state index is 13.3. The molecular formula is C18H12F4N2O2. The van der Waals surface area contributed by atoms with Crippen molar-refractivity contribution >= 4 is 22.5 Å². The summed E-state index contributed by atoms with van der Waals surface area (Å²) in [5, 5.41) is 2.61. The first-order valence-electron chi connectivity index (χ1n) is 7.50. The minimum atomic E-state index is -4.45. The first-order chi connectivity index (χ1) is 12.2. The summed E-state index contributed by atoms with van der Waals surface area (Å²) in [7, 11) is 0. The number of amides is 1. The van der Waals surface area contributed by atoms with Gasteiger partial charge in [0, 0.05) is 23.3 Å². The van der Waals surface area contributed by atoms with Crippen LogP contribution in [0.2, 0.25) is 0 Å². The van der Waals surface area contributed by atoms with Gasteiger partial charge < -0.3 is 9.88 Å². The highest BCUT2D eigenvalue weighted by atomic mass is 19.4. The highest BCUT2D eigenvalue weighted by molar-refractivity contribution is 5.91. The van der Waals surface area contributed by atoms with Gasteiger partial charge in [0.2, 0.25) is 5.91 Å². The van der Waals surface area contributed by atoms with E-state index in [1.807, 2.05) is 0 Å². The van der Waals surface area contributed by atoms with Crippen LogP contribution >= 0.6 is 0 Å². The summed E-state index contributed by atoms with van der Waals surface area (Å²) in [6.45, 7) is -0.191. The van der Waals surface area contributed by atoms with Gasteiger partial charge >= 0.3 is 6.18 Å². The lowest BCUT2D eigenvalue weighted by molar-refractivity contribution is -0.137. The van der Waals surface area contributed by atoms with Gasteiger partial charge in [-0.1, -0.05) is 0 Å². The van der Waals surface area contributed by atoms with Crippen LogP contribution in [0.5, 0.6) is 0 Å². The van der Waals surface area contributed by atoms with E-state index >= 15 is 0 Å². The second-order valence-corrected chi connectivity index (χ2v) is 5.59. The van der Waals surface area contributed by atoms with Gasteiger partial charge in [-0.05, 0) is 42.5 Å². The topological polar surface area (TPSA) is 51.1 Å². The van der Waals surface area contributed by atoms with E-state index in [1.165, 1.54) is 29.0 Å². The summed E-state index contributed by atoms with van der Waals surface area (Å²) in [5.41, 5.74) is -0.608. The van der Waals surface area contributed by atoms with E-state index < -0.39 is 23.5 Å². The molecule has 3 aromatic rings. The number of pyridine rings is 1. The van der Waals surface area contributed by atoms with Gasteiger partial charge in [0.15, 0.2) is 5.43 Å². The molecule has 3 rings (SSSR count). The molecule has 0 saturated heterocycles. The van der Waals surface area contributed by atoms with Crippen molar-refractivity contribution in [1.82, 2.24) is 4.57 Å². The SMILES string of the molecule is O=C(Cn1ccc(=O)c2cc(F)ccc21)Nc1ccc(C(F)(F)F)cc1. The van der Waals surface area contributed by atoms with Crippen LogP contribution in [0.3, 0.4) is 0 Å². The van der Waals surface area contributed by atoms with Crippen LogP contribution in [0.1, 0.15) is 5.56 Å². The van der Waals surface area contributed by atoms with E-state index in [2.05, 4.69) is 5.32 Å². The summed E-state index contributed by atoms with van der Waals surface area (Å²) in [6, 6.07) is 8.90. The second kappa shape index (κ2) is 6.62. The molecule has 0 spiro atoms. The zero-order chi connectivity index (χ0) is 18.9. The number of halogens is 4. The van der Waals surface area contributed by atoms with Crippen molar-refractivity contribution in [3.8, 4) is 0 Å². The summed E-state index contributed by atoms with van der Waals surface area (Å²) < 4.78 is 52.4. The molecule has 1 amide bonds. The van der Waals surface area contributed by atoms with Gasteiger partial charge in [0.1, 0.15) is 12.4 Å². The Morgan fingerprint density at radius 1 is 1.04 bits per heavy atom. The molecule has 1 N–H and O–H groups in total. The molecule has 0 fully saturated rings. The molecule has 0 saturated carbocycles. The van der Waals surface area contributed by atoms with Crippen LogP contribution in [0.15, 0.2) is 59.5 Å². The Kier molecular flexibility index (Phi) is 4.50. The van der Waals surface area contributed by atoms with E-state index in [9.17, 15) is 27.2 Å². The Hall–Kier alpha value is -3.16. The van der Waals surface area contributed by atoms with Crippen LogP contribution in [-0.2, 0) is 17.5 Å². The zero-order valence-electron chi connectivity index (χ0n) is 13.2. The Bertz CT molecular complexity index is 1020. The van der Waals surface area contributed by atoms with Gasteiger partial charge in [-0.15, -0.1) is 0 Å². The van der Waals surface area contributed by atoms with Crippen LogP contribution in [0.4, 0.5) is 23.2 Å². The number of rotatable bonds is 3. The fraction of sp³-hybridized carbons (Fsp3) is 0.111. The number of nitrogens with one attached hydrogen (secondary N) is 1. The van der Waals surface area contributed by atoms with Crippen molar-refractivity contribution in [2.45, 2.75) is 12.7 Å². The lowest BCUT2D eigenvalue weighted by atomic mass is 10.2. The molecule has 1 heterocycles. The maximum atomic E-state index is 13.3. The molecule has 2 aromatic carbocycles. The van der Waals surface area contributed by atoms with E-state index in [4.69, 9.17) is 0 Å². The summed E-state index contributed by atoms with van der Waals surface area (Å²) >= 11 is 0. The lowest BCUT2D eigenvalue weighted by Gasteiger charge is -2.12. The third kappa shape index (κ3) is 3.74. The normalized spacial score (nSPS) is 11.5. The van der Waals surface area contributed by atoms with Crippen molar-refractivity contribution in [2.24, 2.45) is 0 Å². The van der Waals surface area contributed by atoms with E-state index in [-0.39, 0.29) is 23.0 Å². The van der Waals surface area contributed by atoms with Crippen LogP contribution in [0.25, 0.3) is 10.9 Å². The first kappa shape index (κ1) is 17.7. The van der Waals surface area contributed by atoms with Gasteiger partial charge in [-0.2, -0.15) is 13.2 Å². The molecule has 0 aliphatic rings. The summed E-state index contributed by atoms with van der Waals surface area (Å²) in [4.78, 5) is 24.0. The minimum absolute atomic E-state index is 0.134. The number of hydrogen-bond acceptors (Lipinski definition) is 2. The third-order valence-electron chi connectivity index (χ3n) is 3.75. The average molecular weight is 364 g/mol. The standard InChI is InChI=1S/C18H12F4N2O2/c19-12-3-6-15-14(9-12)16(25)7-8-24(15)10-17(26)23-13-4-1-11(2-5-13)18(20,21)22/h1-9H,10H2,(H,23,26). The molecule has 0 aliphatic heterocycles. The molecule has 8 heteroatoms. The van der Waals surface area contributed by atoms with Crippen molar-refractivity contribution in [2.75, 3.05) is 5.32 Å². The molecule has 4 nitrogen and oxygen atoms in total. The fourth-order valence-electron chi connectivity index (χ4n) is 2.52. The lowest BCUT2D eigenvalue weighted by Crippen LogP contribution is -2.20. The fourth-order valence-corrected chi connectivity index (χ4v) is 2.52. The number of benzene rings is 2. The highest BCUT2D eigenvalue weighted by Crippen LogP contribution is 2.29. The number of alkyl halides is 3. The van der Waals surface area contributed by atoms with Gasteiger partial charge in [0.25, 0.3) is 0 Å². The maximum Gasteiger partial charge on any atom is 0.416 e. The average Bonchev–Trinajstić information content (AvgIpc) is 2.57. The Morgan fingerprint density at radius 2 is 1.73 bits per heavy atom.